The van der Waals surface area contributed by atoms with E-state index in [9.17, 15) is 0 Å². The molecule has 0 saturated heterocycles. The van der Waals surface area contributed by atoms with Crippen LogP contribution in [0.15, 0.2) is 18.5 Å². The molecule has 1 rings (SSSR count). The van der Waals surface area contributed by atoms with Crippen molar-refractivity contribution in [2.45, 2.75) is 5.88 Å². The van der Waals surface area contributed by atoms with Gasteiger partial charge in [-0.05, 0) is 12.3 Å². The Labute approximate surface area is 94.7 Å². The Balaban J connectivity index is 2.72. The third-order valence-corrected chi connectivity index (χ3v) is 2.94. The lowest BCUT2D eigenvalue weighted by molar-refractivity contribution is 0.963. The van der Waals surface area contributed by atoms with Crippen LogP contribution >= 0.6 is 23.4 Å². The normalized spacial score (nSPS) is 10.2. The number of thioether (sulfide) groups is 1. The lowest BCUT2D eigenvalue weighted by atomic mass is 10.2. The average Bonchev–Trinajstić information content (AvgIpc) is 2.25. The zero-order valence-electron chi connectivity index (χ0n) is 8.53. The fourth-order valence-corrected chi connectivity index (χ4v) is 1.91. The SMILES string of the molecule is CSCCN(C)c1ccncc1CCl. The van der Waals surface area contributed by atoms with Crippen molar-refractivity contribution < 1.29 is 0 Å². The van der Waals surface area contributed by atoms with Crippen LogP contribution in [0, 0.1) is 0 Å². The van der Waals surface area contributed by atoms with Gasteiger partial charge in [-0.15, -0.1) is 11.6 Å². The van der Waals surface area contributed by atoms with Crippen LogP contribution in [0.2, 0.25) is 0 Å². The van der Waals surface area contributed by atoms with Gasteiger partial charge in [0.15, 0.2) is 0 Å². The van der Waals surface area contributed by atoms with E-state index in [1.807, 2.05) is 24.0 Å². The van der Waals surface area contributed by atoms with Crippen LogP contribution in [0.25, 0.3) is 0 Å². The number of hydrogen-bond donors (Lipinski definition) is 0. The van der Waals surface area contributed by atoms with Crippen LogP contribution in [0.5, 0.6) is 0 Å². The number of anilines is 1. The van der Waals surface area contributed by atoms with Crippen molar-refractivity contribution in [3.8, 4) is 0 Å². The molecular formula is C10H15ClN2S. The second-order valence-corrected chi connectivity index (χ2v) is 4.31. The van der Waals surface area contributed by atoms with Crippen molar-refractivity contribution in [1.82, 2.24) is 4.98 Å². The van der Waals surface area contributed by atoms with Crippen LogP contribution in [-0.2, 0) is 5.88 Å². The predicted molar refractivity (Wildman–Crippen MR) is 65.4 cm³/mol. The number of hydrogen-bond acceptors (Lipinski definition) is 3. The molecule has 0 radical (unpaired) electrons. The van der Waals surface area contributed by atoms with E-state index in [4.69, 9.17) is 11.6 Å². The Morgan fingerprint density at radius 2 is 2.36 bits per heavy atom. The largest absolute Gasteiger partial charge is 0.373 e. The smallest absolute Gasteiger partial charge is 0.0509 e. The third-order valence-electron chi connectivity index (χ3n) is 2.06. The summed E-state index contributed by atoms with van der Waals surface area (Å²) in [6.07, 6.45) is 5.75. The maximum Gasteiger partial charge on any atom is 0.0509 e. The highest BCUT2D eigenvalue weighted by atomic mass is 35.5. The van der Waals surface area contributed by atoms with Gasteiger partial charge in [0.1, 0.15) is 0 Å². The zero-order valence-corrected chi connectivity index (χ0v) is 10.1. The second kappa shape index (κ2) is 6.14. The van der Waals surface area contributed by atoms with E-state index in [0.29, 0.717) is 5.88 Å². The lowest BCUT2D eigenvalue weighted by Crippen LogP contribution is -2.21. The fraction of sp³-hybridized carbons (Fsp3) is 0.500. The summed E-state index contributed by atoms with van der Waals surface area (Å²) in [4.78, 5) is 6.28. The summed E-state index contributed by atoms with van der Waals surface area (Å²) < 4.78 is 0. The number of rotatable bonds is 5. The minimum absolute atomic E-state index is 0.521. The summed E-state index contributed by atoms with van der Waals surface area (Å²) in [5, 5.41) is 0. The molecule has 1 aromatic rings. The maximum absolute atomic E-state index is 5.84. The topological polar surface area (TPSA) is 16.1 Å². The van der Waals surface area contributed by atoms with Gasteiger partial charge >= 0.3 is 0 Å². The number of halogens is 1. The average molecular weight is 231 g/mol. The monoisotopic (exact) mass is 230 g/mol. The molecule has 0 bridgehead atoms. The molecule has 0 spiro atoms. The number of pyridine rings is 1. The van der Waals surface area contributed by atoms with Crippen molar-refractivity contribution in [2.24, 2.45) is 0 Å². The molecule has 0 saturated carbocycles. The molecule has 0 aliphatic carbocycles. The van der Waals surface area contributed by atoms with Gasteiger partial charge in [-0.3, -0.25) is 4.98 Å². The van der Waals surface area contributed by atoms with Crippen molar-refractivity contribution in [3.05, 3.63) is 24.0 Å². The van der Waals surface area contributed by atoms with Gasteiger partial charge in [0.2, 0.25) is 0 Å². The van der Waals surface area contributed by atoms with Crippen LogP contribution in [-0.4, -0.2) is 30.6 Å². The number of alkyl halides is 1. The molecule has 0 amide bonds. The molecule has 1 heterocycles. The van der Waals surface area contributed by atoms with Gasteiger partial charge in [0.05, 0.1) is 5.88 Å². The highest BCUT2D eigenvalue weighted by molar-refractivity contribution is 7.98. The number of nitrogens with zero attached hydrogens (tertiary/aromatic N) is 2. The Morgan fingerprint density at radius 3 is 3.00 bits per heavy atom. The molecule has 0 N–H and O–H groups in total. The summed E-state index contributed by atoms with van der Waals surface area (Å²) in [5.41, 5.74) is 2.28. The predicted octanol–water partition coefficient (Wildman–Crippen LogP) is 2.62. The van der Waals surface area contributed by atoms with Crippen molar-refractivity contribution in [3.63, 3.8) is 0 Å². The molecule has 0 aromatic carbocycles. The summed E-state index contributed by atoms with van der Waals surface area (Å²) in [6.45, 7) is 1.04. The molecule has 14 heavy (non-hydrogen) atoms. The summed E-state index contributed by atoms with van der Waals surface area (Å²) in [7, 11) is 2.08. The molecule has 2 nitrogen and oxygen atoms in total. The van der Waals surface area contributed by atoms with Crippen molar-refractivity contribution >= 4 is 29.1 Å². The first-order valence-electron chi connectivity index (χ1n) is 4.48. The molecule has 0 fully saturated rings. The van der Waals surface area contributed by atoms with E-state index in [-0.39, 0.29) is 0 Å². The van der Waals surface area contributed by atoms with Crippen LogP contribution in [0.1, 0.15) is 5.56 Å². The van der Waals surface area contributed by atoms with Gasteiger partial charge in [0.25, 0.3) is 0 Å². The van der Waals surface area contributed by atoms with Crippen molar-refractivity contribution in [1.29, 1.82) is 0 Å². The van der Waals surface area contributed by atoms with Gasteiger partial charge in [0, 0.05) is 43.0 Å². The van der Waals surface area contributed by atoms with Gasteiger partial charge < -0.3 is 4.90 Å². The molecule has 0 aliphatic heterocycles. The van der Waals surface area contributed by atoms with E-state index in [0.717, 1.165) is 17.9 Å². The Morgan fingerprint density at radius 1 is 1.57 bits per heavy atom. The molecule has 78 valence electrons. The van der Waals surface area contributed by atoms with Crippen molar-refractivity contribution in [2.75, 3.05) is 30.5 Å². The van der Waals surface area contributed by atoms with E-state index >= 15 is 0 Å². The van der Waals surface area contributed by atoms with Gasteiger partial charge in [-0.1, -0.05) is 0 Å². The standard InChI is InChI=1S/C10H15ClN2S/c1-13(5-6-14-2)10-3-4-12-8-9(10)7-11/h3-4,8H,5-7H2,1-2H3. The van der Waals surface area contributed by atoms with E-state index < -0.39 is 0 Å². The summed E-state index contributed by atoms with van der Waals surface area (Å²) in [5.74, 6) is 1.65. The van der Waals surface area contributed by atoms with E-state index in [1.165, 1.54) is 5.69 Å². The zero-order chi connectivity index (χ0) is 10.4. The fourth-order valence-electron chi connectivity index (χ4n) is 1.24. The maximum atomic E-state index is 5.84. The van der Waals surface area contributed by atoms with Gasteiger partial charge in [-0.25, -0.2) is 0 Å². The number of aromatic nitrogens is 1. The third kappa shape index (κ3) is 3.07. The van der Waals surface area contributed by atoms with Crippen LogP contribution in [0.4, 0.5) is 5.69 Å². The highest BCUT2D eigenvalue weighted by Gasteiger charge is 2.05. The molecule has 0 atom stereocenters. The van der Waals surface area contributed by atoms with E-state index in [2.05, 4.69) is 23.2 Å². The Bertz CT molecular complexity index is 281. The highest BCUT2D eigenvalue weighted by Crippen LogP contribution is 2.19. The van der Waals surface area contributed by atoms with Crippen LogP contribution in [0.3, 0.4) is 0 Å². The lowest BCUT2D eigenvalue weighted by Gasteiger charge is -2.20. The molecule has 0 aliphatic rings. The first-order valence-corrected chi connectivity index (χ1v) is 6.41. The van der Waals surface area contributed by atoms with E-state index in [1.54, 1.807) is 6.20 Å². The summed E-state index contributed by atoms with van der Waals surface area (Å²) in [6, 6.07) is 2.01. The molecular weight excluding hydrogens is 216 g/mol. The Hall–Kier alpha value is -0.410. The first-order chi connectivity index (χ1) is 6.79. The summed E-state index contributed by atoms with van der Waals surface area (Å²) >= 11 is 7.69. The second-order valence-electron chi connectivity index (χ2n) is 3.05. The molecule has 1 aromatic heterocycles. The Kier molecular flexibility index (Phi) is 5.12. The minimum atomic E-state index is 0.521. The quantitative estimate of drug-likeness (QED) is 0.724. The minimum Gasteiger partial charge on any atom is -0.373 e. The molecule has 4 heteroatoms. The molecule has 0 unspecified atom stereocenters. The van der Waals surface area contributed by atoms with Crippen LogP contribution < -0.4 is 4.90 Å². The first kappa shape index (κ1) is 11.7. The van der Waals surface area contributed by atoms with Gasteiger partial charge in [-0.2, -0.15) is 11.8 Å².